The van der Waals surface area contributed by atoms with E-state index in [-0.39, 0.29) is 0 Å². The Morgan fingerprint density at radius 3 is 2.31 bits per heavy atom. The fraction of sp³-hybridized carbons (Fsp3) is 0.231. The van der Waals surface area contributed by atoms with Crippen LogP contribution in [0.1, 0.15) is 19.7 Å². The Morgan fingerprint density at radius 2 is 1.69 bits per heavy atom. The summed E-state index contributed by atoms with van der Waals surface area (Å²) in [7, 11) is 0. The minimum Gasteiger partial charge on any atom is -0.240 e. The molecular weight excluding hydrogens is 264 g/mol. The van der Waals surface area contributed by atoms with Crippen LogP contribution in [-0.2, 0) is 0 Å². The van der Waals surface area contributed by atoms with E-state index in [1.165, 1.54) is 0 Å². The van der Waals surface area contributed by atoms with Crippen molar-refractivity contribution < 1.29 is 0 Å². The van der Waals surface area contributed by atoms with Gasteiger partial charge in [0, 0.05) is 11.8 Å². The van der Waals surface area contributed by atoms with Crippen molar-refractivity contribution in [3.63, 3.8) is 0 Å². The van der Waals surface area contributed by atoms with E-state index in [0.717, 1.165) is 21.6 Å². The summed E-state index contributed by atoms with van der Waals surface area (Å²) in [4.78, 5) is 8.49. The molecule has 0 aliphatic carbocycles. The lowest BCUT2D eigenvalue weighted by Crippen LogP contribution is -1.91. The third-order valence-corrected chi connectivity index (χ3v) is 2.49. The highest BCUT2D eigenvalue weighted by Gasteiger charge is 2.04. The van der Waals surface area contributed by atoms with E-state index >= 15 is 0 Å². The normalized spacial score (nSPS) is 9.25. The molecule has 2 aromatic rings. The van der Waals surface area contributed by atoms with E-state index in [4.69, 9.17) is 0 Å². The molecule has 0 spiro atoms. The predicted octanol–water partition coefficient (Wildman–Crippen LogP) is 4.24. The number of halogens is 1. The van der Waals surface area contributed by atoms with Gasteiger partial charge in [0.1, 0.15) is 5.82 Å². The van der Waals surface area contributed by atoms with Crippen molar-refractivity contribution in [2.75, 3.05) is 0 Å². The van der Waals surface area contributed by atoms with Crippen molar-refractivity contribution in [3.8, 4) is 11.3 Å². The lowest BCUT2D eigenvalue weighted by molar-refractivity contribution is 1.05. The SMILES string of the molecule is CC.Cc1ncc(Br)c(-c2ccccc2)n1. The van der Waals surface area contributed by atoms with Crippen LogP contribution < -0.4 is 0 Å². The summed E-state index contributed by atoms with van der Waals surface area (Å²) < 4.78 is 0.925. The summed E-state index contributed by atoms with van der Waals surface area (Å²) in [5, 5.41) is 0. The second-order valence-corrected chi connectivity index (χ2v) is 3.83. The molecule has 0 amide bonds. The van der Waals surface area contributed by atoms with Crippen LogP contribution in [0.15, 0.2) is 41.0 Å². The molecule has 2 rings (SSSR count). The van der Waals surface area contributed by atoms with Crippen molar-refractivity contribution in [2.24, 2.45) is 0 Å². The largest absolute Gasteiger partial charge is 0.240 e. The summed E-state index contributed by atoms with van der Waals surface area (Å²) in [6, 6.07) is 10.1. The number of rotatable bonds is 1. The molecule has 0 fully saturated rings. The lowest BCUT2D eigenvalue weighted by atomic mass is 10.1. The Bertz CT molecular complexity index is 441. The zero-order valence-electron chi connectivity index (χ0n) is 9.74. The summed E-state index contributed by atoms with van der Waals surface area (Å²) in [6.07, 6.45) is 1.78. The fourth-order valence-electron chi connectivity index (χ4n) is 1.25. The molecule has 84 valence electrons. The Morgan fingerprint density at radius 1 is 1.06 bits per heavy atom. The number of benzene rings is 1. The van der Waals surface area contributed by atoms with Gasteiger partial charge in [0.2, 0.25) is 0 Å². The van der Waals surface area contributed by atoms with Crippen molar-refractivity contribution >= 4 is 15.9 Å². The quantitative estimate of drug-likeness (QED) is 0.780. The highest BCUT2D eigenvalue weighted by Crippen LogP contribution is 2.24. The molecule has 0 aliphatic heterocycles. The standard InChI is InChI=1S/C11H9BrN2.C2H6/c1-8-13-7-10(12)11(14-8)9-5-3-2-4-6-9;1-2/h2-7H,1H3;1-2H3. The van der Waals surface area contributed by atoms with E-state index in [1.54, 1.807) is 6.20 Å². The maximum Gasteiger partial charge on any atom is 0.125 e. The molecule has 0 saturated heterocycles. The van der Waals surface area contributed by atoms with Gasteiger partial charge in [-0.25, -0.2) is 9.97 Å². The Hall–Kier alpha value is -1.22. The van der Waals surface area contributed by atoms with E-state index < -0.39 is 0 Å². The molecule has 0 atom stereocenters. The average Bonchev–Trinajstić information content (AvgIpc) is 2.36. The van der Waals surface area contributed by atoms with Gasteiger partial charge in [0.25, 0.3) is 0 Å². The Labute approximate surface area is 105 Å². The van der Waals surface area contributed by atoms with Crippen LogP contribution in [0, 0.1) is 6.92 Å². The molecule has 0 unspecified atom stereocenters. The van der Waals surface area contributed by atoms with Gasteiger partial charge < -0.3 is 0 Å². The van der Waals surface area contributed by atoms with E-state index in [0.29, 0.717) is 0 Å². The third-order valence-electron chi connectivity index (χ3n) is 1.91. The third kappa shape index (κ3) is 3.14. The molecule has 1 heterocycles. The minimum atomic E-state index is 0.784. The Balaban J connectivity index is 0.000000606. The second kappa shape index (κ2) is 6.38. The number of nitrogens with zero attached hydrogens (tertiary/aromatic N) is 2. The summed E-state index contributed by atoms with van der Waals surface area (Å²) >= 11 is 3.44. The molecule has 0 saturated carbocycles. The molecular formula is C13H15BrN2. The maximum atomic E-state index is 4.38. The number of hydrogen-bond donors (Lipinski definition) is 0. The number of aromatic nitrogens is 2. The minimum absolute atomic E-state index is 0.784. The lowest BCUT2D eigenvalue weighted by Gasteiger charge is -2.03. The van der Waals surface area contributed by atoms with Gasteiger partial charge in [-0.1, -0.05) is 44.2 Å². The van der Waals surface area contributed by atoms with E-state index in [2.05, 4.69) is 25.9 Å². The van der Waals surface area contributed by atoms with Crippen LogP contribution in [0.2, 0.25) is 0 Å². The smallest absolute Gasteiger partial charge is 0.125 e. The fourth-order valence-corrected chi connectivity index (χ4v) is 1.67. The van der Waals surface area contributed by atoms with Gasteiger partial charge in [-0.15, -0.1) is 0 Å². The molecule has 16 heavy (non-hydrogen) atoms. The van der Waals surface area contributed by atoms with E-state index in [9.17, 15) is 0 Å². The average molecular weight is 279 g/mol. The monoisotopic (exact) mass is 278 g/mol. The maximum absolute atomic E-state index is 4.38. The van der Waals surface area contributed by atoms with Gasteiger partial charge in [-0.05, 0) is 22.9 Å². The molecule has 0 aliphatic rings. The van der Waals surface area contributed by atoms with Crippen molar-refractivity contribution in [1.82, 2.24) is 9.97 Å². The first kappa shape index (κ1) is 12.8. The molecule has 0 radical (unpaired) electrons. The van der Waals surface area contributed by atoms with Crippen LogP contribution in [-0.4, -0.2) is 9.97 Å². The number of aryl methyl sites for hydroxylation is 1. The molecule has 2 nitrogen and oxygen atoms in total. The molecule has 0 N–H and O–H groups in total. The first-order valence-corrected chi connectivity index (χ1v) is 6.11. The van der Waals surface area contributed by atoms with Gasteiger partial charge >= 0.3 is 0 Å². The zero-order valence-corrected chi connectivity index (χ0v) is 11.3. The topological polar surface area (TPSA) is 25.8 Å². The Kier molecular flexibility index (Phi) is 5.12. The molecule has 1 aromatic heterocycles. The van der Waals surface area contributed by atoms with Crippen LogP contribution in [0.4, 0.5) is 0 Å². The van der Waals surface area contributed by atoms with Crippen LogP contribution in [0.5, 0.6) is 0 Å². The summed E-state index contributed by atoms with van der Waals surface area (Å²) in [5.41, 5.74) is 2.04. The number of hydrogen-bond acceptors (Lipinski definition) is 2. The summed E-state index contributed by atoms with van der Waals surface area (Å²) in [5.74, 6) is 0.784. The highest BCUT2D eigenvalue weighted by atomic mass is 79.9. The predicted molar refractivity (Wildman–Crippen MR) is 71.3 cm³/mol. The first-order chi connectivity index (χ1) is 7.77. The second-order valence-electron chi connectivity index (χ2n) is 2.98. The zero-order chi connectivity index (χ0) is 12.0. The van der Waals surface area contributed by atoms with Crippen LogP contribution in [0.3, 0.4) is 0 Å². The van der Waals surface area contributed by atoms with Crippen molar-refractivity contribution in [3.05, 3.63) is 46.8 Å². The van der Waals surface area contributed by atoms with Crippen molar-refractivity contribution in [1.29, 1.82) is 0 Å². The van der Waals surface area contributed by atoms with Crippen LogP contribution >= 0.6 is 15.9 Å². The van der Waals surface area contributed by atoms with E-state index in [1.807, 2.05) is 51.1 Å². The van der Waals surface area contributed by atoms with Crippen molar-refractivity contribution in [2.45, 2.75) is 20.8 Å². The highest BCUT2D eigenvalue weighted by molar-refractivity contribution is 9.10. The van der Waals surface area contributed by atoms with Gasteiger partial charge in [-0.3, -0.25) is 0 Å². The molecule has 0 bridgehead atoms. The molecule has 1 aromatic carbocycles. The van der Waals surface area contributed by atoms with Gasteiger partial charge in [0.05, 0.1) is 10.2 Å². The van der Waals surface area contributed by atoms with Crippen LogP contribution in [0.25, 0.3) is 11.3 Å². The summed E-state index contributed by atoms with van der Waals surface area (Å²) in [6.45, 7) is 5.89. The van der Waals surface area contributed by atoms with Gasteiger partial charge in [0.15, 0.2) is 0 Å². The first-order valence-electron chi connectivity index (χ1n) is 5.32. The van der Waals surface area contributed by atoms with Gasteiger partial charge in [-0.2, -0.15) is 0 Å². The molecule has 3 heteroatoms.